The molecule has 1 aromatic carbocycles. The van der Waals surface area contributed by atoms with Gasteiger partial charge in [-0.25, -0.2) is 0 Å². The van der Waals surface area contributed by atoms with Crippen LogP contribution in [0.15, 0.2) is 29.2 Å². The van der Waals surface area contributed by atoms with E-state index in [1.54, 1.807) is 23.9 Å². The van der Waals surface area contributed by atoms with Crippen LogP contribution in [0.5, 0.6) is 5.75 Å². The molecule has 1 saturated carbocycles. The zero-order valence-corrected chi connectivity index (χ0v) is 10.6. The van der Waals surface area contributed by atoms with Gasteiger partial charge < -0.3 is 9.84 Å². The summed E-state index contributed by atoms with van der Waals surface area (Å²) in [6, 6.07) is 6.94. The fourth-order valence-corrected chi connectivity index (χ4v) is 3.21. The molecule has 0 atom stereocenters. The Bertz CT molecular complexity index is 396. The number of carbonyl (C=O) groups is 1. The minimum atomic E-state index is -0.396. The number of carbonyl (C=O) groups excluding carboxylic acids is 1. The number of rotatable bonds is 4. The van der Waals surface area contributed by atoms with Crippen LogP contribution in [0.4, 0.5) is 0 Å². The molecule has 0 aromatic heterocycles. The van der Waals surface area contributed by atoms with E-state index in [9.17, 15) is 9.90 Å². The summed E-state index contributed by atoms with van der Waals surface area (Å²) in [6.45, 7) is 2.26. The van der Waals surface area contributed by atoms with Crippen LogP contribution >= 0.6 is 11.8 Å². The Balaban J connectivity index is 2.09. The predicted molar refractivity (Wildman–Crippen MR) is 67.2 cm³/mol. The highest BCUT2D eigenvalue weighted by molar-refractivity contribution is 8.01. The molecule has 2 rings (SSSR count). The molecule has 3 nitrogen and oxygen atoms in total. The van der Waals surface area contributed by atoms with Crippen molar-refractivity contribution in [3.63, 3.8) is 0 Å². The first kappa shape index (κ1) is 12.3. The van der Waals surface area contributed by atoms with E-state index in [4.69, 9.17) is 4.74 Å². The molecule has 1 fully saturated rings. The van der Waals surface area contributed by atoms with E-state index in [0.29, 0.717) is 6.61 Å². The highest BCUT2D eigenvalue weighted by Gasteiger charge is 2.46. The molecule has 0 amide bonds. The van der Waals surface area contributed by atoms with E-state index in [1.165, 1.54) is 0 Å². The van der Waals surface area contributed by atoms with Crippen molar-refractivity contribution < 1.29 is 14.6 Å². The number of hydrogen-bond acceptors (Lipinski definition) is 4. The molecule has 0 saturated heterocycles. The van der Waals surface area contributed by atoms with E-state index in [-0.39, 0.29) is 11.7 Å². The van der Waals surface area contributed by atoms with Crippen molar-refractivity contribution >= 4 is 17.7 Å². The topological polar surface area (TPSA) is 46.5 Å². The molecule has 1 aromatic rings. The van der Waals surface area contributed by atoms with Crippen LogP contribution in [-0.4, -0.2) is 22.4 Å². The third-order valence-electron chi connectivity index (χ3n) is 2.96. The fourth-order valence-electron chi connectivity index (χ4n) is 1.85. The van der Waals surface area contributed by atoms with E-state index in [1.807, 2.05) is 19.1 Å². The summed E-state index contributed by atoms with van der Waals surface area (Å²) in [6.07, 6.45) is 2.82. The maximum Gasteiger partial charge on any atom is 0.322 e. The summed E-state index contributed by atoms with van der Waals surface area (Å²) in [5.74, 6) is 0.137. The van der Waals surface area contributed by atoms with Gasteiger partial charge in [-0.15, -0.1) is 11.8 Å². The summed E-state index contributed by atoms with van der Waals surface area (Å²) in [5.41, 5.74) is 0. The molecular formula is C13H16O3S. The van der Waals surface area contributed by atoms with Crippen LogP contribution < -0.4 is 0 Å². The van der Waals surface area contributed by atoms with E-state index < -0.39 is 4.75 Å². The molecule has 1 aliphatic carbocycles. The second kappa shape index (κ2) is 5.00. The van der Waals surface area contributed by atoms with Gasteiger partial charge in [-0.1, -0.05) is 0 Å². The fraction of sp³-hybridized carbons (Fsp3) is 0.462. The lowest BCUT2D eigenvalue weighted by molar-refractivity contribution is -0.148. The van der Waals surface area contributed by atoms with Gasteiger partial charge >= 0.3 is 5.97 Å². The summed E-state index contributed by atoms with van der Waals surface area (Å²) >= 11 is 1.55. The zero-order valence-electron chi connectivity index (χ0n) is 9.81. The van der Waals surface area contributed by atoms with E-state index in [2.05, 4.69) is 0 Å². The number of phenols is 1. The Morgan fingerprint density at radius 1 is 1.41 bits per heavy atom. The summed E-state index contributed by atoms with van der Waals surface area (Å²) < 4.78 is 4.74. The zero-order chi connectivity index (χ0) is 12.3. The number of phenolic OH excluding ortho intramolecular Hbond substituents is 1. The van der Waals surface area contributed by atoms with Crippen LogP contribution in [-0.2, 0) is 9.53 Å². The van der Waals surface area contributed by atoms with Gasteiger partial charge in [-0.2, -0.15) is 0 Å². The Labute approximate surface area is 105 Å². The molecule has 17 heavy (non-hydrogen) atoms. The van der Waals surface area contributed by atoms with Crippen molar-refractivity contribution in [3.8, 4) is 5.75 Å². The average molecular weight is 252 g/mol. The van der Waals surface area contributed by atoms with Crippen LogP contribution in [0, 0.1) is 0 Å². The Hall–Kier alpha value is -1.16. The molecule has 0 bridgehead atoms. The summed E-state index contributed by atoms with van der Waals surface area (Å²) in [7, 11) is 0. The third-order valence-corrected chi connectivity index (χ3v) is 4.43. The first-order valence-electron chi connectivity index (χ1n) is 5.81. The third kappa shape index (κ3) is 2.57. The van der Waals surface area contributed by atoms with Gasteiger partial charge in [-0.05, 0) is 50.5 Å². The van der Waals surface area contributed by atoms with Gasteiger partial charge in [-0.3, -0.25) is 4.79 Å². The molecule has 92 valence electrons. The van der Waals surface area contributed by atoms with Crippen molar-refractivity contribution in [3.05, 3.63) is 24.3 Å². The normalized spacial score (nSPS) is 17.2. The van der Waals surface area contributed by atoms with E-state index >= 15 is 0 Å². The second-order valence-corrected chi connectivity index (χ2v) is 5.62. The number of ether oxygens (including phenoxy) is 1. The quantitative estimate of drug-likeness (QED) is 0.837. The highest BCUT2D eigenvalue weighted by atomic mass is 32.2. The van der Waals surface area contributed by atoms with Gasteiger partial charge in [0.25, 0.3) is 0 Å². The van der Waals surface area contributed by atoms with Gasteiger partial charge in [0.1, 0.15) is 10.5 Å². The Morgan fingerprint density at radius 3 is 2.53 bits per heavy atom. The second-order valence-electron chi connectivity index (χ2n) is 4.16. The molecule has 0 radical (unpaired) electrons. The van der Waals surface area contributed by atoms with Crippen LogP contribution in [0.25, 0.3) is 0 Å². The summed E-state index contributed by atoms with van der Waals surface area (Å²) in [4.78, 5) is 12.9. The van der Waals surface area contributed by atoms with Crippen LogP contribution in [0.2, 0.25) is 0 Å². The molecule has 1 aliphatic rings. The molecule has 0 aliphatic heterocycles. The Kier molecular flexibility index (Phi) is 3.62. The first-order valence-corrected chi connectivity index (χ1v) is 6.63. The maximum atomic E-state index is 11.9. The maximum absolute atomic E-state index is 11.9. The molecule has 1 N–H and O–H groups in total. The first-order chi connectivity index (χ1) is 8.16. The standard InChI is InChI=1S/C13H16O3S/c1-2-16-12(15)13(8-3-9-13)17-11-6-4-10(14)5-7-11/h4-7,14H,2-3,8-9H2,1H3. The molecule has 0 heterocycles. The average Bonchev–Trinajstić information content (AvgIpc) is 2.26. The largest absolute Gasteiger partial charge is 0.508 e. The number of aromatic hydroxyl groups is 1. The van der Waals surface area contributed by atoms with Crippen LogP contribution in [0.3, 0.4) is 0 Å². The van der Waals surface area contributed by atoms with Gasteiger partial charge in [0.15, 0.2) is 0 Å². The predicted octanol–water partition coefficient (Wildman–Crippen LogP) is 2.97. The van der Waals surface area contributed by atoms with Crippen molar-refractivity contribution in [1.29, 1.82) is 0 Å². The lowest BCUT2D eigenvalue weighted by Gasteiger charge is -2.38. The molecule has 0 unspecified atom stereocenters. The van der Waals surface area contributed by atoms with Gasteiger partial charge in [0.2, 0.25) is 0 Å². The van der Waals surface area contributed by atoms with Gasteiger partial charge in [0.05, 0.1) is 6.61 Å². The van der Waals surface area contributed by atoms with Crippen molar-refractivity contribution in [2.75, 3.05) is 6.61 Å². The number of esters is 1. The smallest absolute Gasteiger partial charge is 0.322 e. The van der Waals surface area contributed by atoms with E-state index in [0.717, 1.165) is 24.2 Å². The van der Waals surface area contributed by atoms with Gasteiger partial charge in [0, 0.05) is 4.90 Å². The lowest BCUT2D eigenvalue weighted by atomic mass is 9.84. The lowest BCUT2D eigenvalue weighted by Crippen LogP contribution is -2.43. The molecule has 4 heteroatoms. The number of thioether (sulfide) groups is 1. The monoisotopic (exact) mass is 252 g/mol. The highest BCUT2D eigenvalue weighted by Crippen LogP contribution is 2.48. The SMILES string of the molecule is CCOC(=O)C1(Sc2ccc(O)cc2)CCC1. The number of benzene rings is 1. The van der Waals surface area contributed by atoms with Crippen LogP contribution in [0.1, 0.15) is 26.2 Å². The van der Waals surface area contributed by atoms with Crippen molar-refractivity contribution in [2.45, 2.75) is 35.8 Å². The molecular weight excluding hydrogens is 236 g/mol. The van der Waals surface area contributed by atoms with Crippen molar-refractivity contribution in [1.82, 2.24) is 0 Å². The number of hydrogen-bond donors (Lipinski definition) is 1. The summed E-state index contributed by atoms with van der Waals surface area (Å²) in [5, 5.41) is 9.22. The Morgan fingerprint density at radius 2 is 2.06 bits per heavy atom. The molecule has 0 spiro atoms. The minimum Gasteiger partial charge on any atom is -0.508 e. The minimum absolute atomic E-state index is 0.107. The van der Waals surface area contributed by atoms with Crippen molar-refractivity contribution in [2.24, 2.45) is 0 Å².